The van der Waals surface area contributed by atoms with E-state index in [1.165, 1.54) is 31.7 Å². The van der Waals surface area contributed by atoms with Gasteiger partial charge in [0.25, 0.3) is 0 Å². The fourth-order valence-corrected chi connectivity index (χ4v) is 2.01. The molecule has 1 saturated heterocycles. The summed E-state index contributed by atoms with van der Waals surface area (Å²) >= 11 is 4.29. The lowest BCUT2D eigenvalue weighted by Gasteiger charge is -2.32. The summed E-state index contributed by atoms with van der Waals surface area (Å²) in [5, 5.41) is 0. The van der Waals surface area contributed by atoms with E-state index in [1.54, 1.807) is 0 Å². The van der Waals surface area contributed by atoms with Crippen molar-refractivity contribution >= 4 is 12.6 Å². The first-order valence-electron chi connectivity index (χ1n) is 5.43. The van der Waals surface area contributed by atoms with Crippen molar-refractivity contribution in [2.24, 2.45) is 0 Å². The molecular formula is C12H18N2S. The molecule has 0 amide bonds. The number of rotatable bonds is 2. The van der Waals surface area contributed by atoms with Gasteiger partial charge in [-0.05, 0) is 24.7 Å². The van der Waals surface area contributed by atoms with Crippen LogP contribution in [0.3, 0.4) is 0 Å². The summed E-state index contributed by atoms with van der Waals surface area (Å²) < 4.78 is 0. The third kappa shape index (κ3) is 3.23. The van der Waals surface area contributed by atoms with Crippen LogP contribution in [-0.4, -0.2) is 43.0 Å². The molecule has 1 heterocycles. The molecule has 1 aliphatic rings. The van der Waals surface area contributed by atoms with Crippen LogP contribution in [0.25, 0.3) is 0 Å². The first-order chi connectivity index (χ1) is 7.24. The number of benzene rings is 1. The van der Waals surface area contributed by atoms with E-state index < -0.39 is 0 Å². The number of thiol groups is 1. The molecule has 0 atom stereocenters. The van der Waals surface area contributed by atoms with Gasteiger partial charge in [-0.1, -0.05) is 12.1 Å². The minimum absolute atomic E-state index is 1.04. The lowest BCUT2D eigenvalue weighted by Crippen LogP contribution is -2.43. The van der Waals surface area contributed by atoms with Crippen LogP contribution in [0.15, 0.2) is 29.2 Å². The van der Waals surface area contributed by atoms with Crippen LogP contribution in [0.4, 0.5) is 0 Å². The highest BCUT2D eigenvalue weighted by molar-refractivity contribution is 7.80. The molecule has 1 aliphatic heterocycles. The second kappa shape index (κ2) is 5.01. The molecule has 2 nitrogen and oxygen atoms in total. The van der Waals surface area contributed by atoms with Crippen LogP contribution >= 0.6 is 12.6 Å². The molecular weight excluding hydrogens is 204 g/mol. The summed E-state index contributed by atoms with van der Waals surface area (Å²) in [6.07, 6.45) is 0. The molecule has 0 aromatic heterocycles. The fraction of sp³-hybridized carbons (Fsp3) is 0.500. The van der Waals surface area contributed by atoms with Gasteiger partial charge in [0.1, 0.15) is 0 Å². The highest BCUT2D eigenvalue weighted by Gasteiger charge is 2.13. The number of hydrogen-bond acceptors (Lipinski definition) is 3. The van der Waals surface area contributed by atoms with Crippen LogP contribution in [0.2, 0.25) is 0 Å². The predicted molar refractivity (Wildman–Crippen MR) is 66.5 cm³/mol. The average molecular weight is 222 g/mol. The Kier molecular flexibility index (Phi) is 3.67. The molecule has 0 saturated carbocycles. The Morgan fingerprint density at radius 1 is 1.07 bits per heavy atom. The summed E-state index contributed by atoms with van der Waals surface area (Å²) in [6, 6.07) is 8.46. The smallest absolute Gasteiger partial charge is 0.0234 e. The van der Waals surface area contributed by atoms with E-state index >= 15 is 0 Å². The molecule has 1 aromatic carbocycles. The second-order valence-electron chi connectivity index (χ2n) is 4.25. The molecule has 2 rings (SSSR count). The minimum Gasteiger partial charge on any atom is -0.304 e. The van der Waals surface area contributed by atoms with Crippen LogP contribution < -0.4 is 0 Å². The standard InChI is InChI=1S/C12H18N2S/c1-13-6-8-14(9-7-13)10-11-2-4-12(15)5-3-11/h2-5,15H,6-10H2,1H3. The van der Waals surface area contributed by atoms with Crippen LogP contribution in [0, 0.1) is 0 Å². The number of piperazine rings is 1. The quantitative estimate of drug-likeness (QED) is 0.761. The van der Waals surface area contributed by atoms with Crippen molar-refractivity contribution in [3.05, 3.63) is 29.8 Å². The van der Waals surface area contributed by atoms with Crippen LogP contribution in [0.5, 0.6) is 0 Å². The highest BCUT2D eigenvalue weighted by Crippen LogP contribution is 2.11. The second-order valence-corrected chi connectivity index (χ2v) is 4.76. The summed E-state index contributed by atoms with van der Waals surface area (Å²) in [6.45, 7) is 5.80. The topological polar surface area (TPSA) is 6.48 Å². The number of hydrogen-bond donors (Lipinski definition) is 1. The van der Waals surface area contributed by atoms with E-state index in [2.05, 4.69) is 53.7 Å². The van der Waals surface area contributed by atoms with Crippen molar-refractivity contribution in [3.8, 4) is 0 Å². The van der Waals surface area contributed by atoms with Gasteiger partial charge in [-0.2, -0.15) is 0 Å². The first-order valence-corrected chi connectivity index (χ1v) is 5.87. The minimum atomic E-state index is 1.04. The van der Waals surface area contributed by atoms with Gasteiger partial charge in [0.15, 0.2) is 0 Å². The molecule has 82 valence electrons. The average Bonchev–Trinajstić information content (AvgIpc) is 2.25. The molecule has 0 aliphatic carbocycles. The van der Waals surface area contributed by atoms with Crippen LogP contribution in [-0.2, 0) is 6.54 Å². The Morgan fingerprint density at radius 3 is 2.27 bits per heavy atom. The van der Waals surface area contributed by atoms with Gasteiger partial charge in [0, 0.05) is 37.6 Å². The molecule has 1 fully saturated rings. The lowest BCUT2D eigenvalue weighted by molar-refractivity contribution is 0.148. The Labute approximate surface area is 97.3 Å². The largest absolute Gasteiger partial charge is 0.304 e. The maximum absolute atomic E-state index is 4.29. The number of nitrogens with zero attached hydrogens (tertiary/aromatic N) is 2. The number of likely N-dealkylation sites (N-methyl/N-ethyl adjacent to an activating group) is 1. The summed E-state index contributed by atoms with van der Waals surface area (Å²) in [4.78, 5) is 5.93. The Bertz CT molecular complexity index is 302. The van der Waals surface area contributed by atoms with E-state index in [0.29, 0.717) is 0 Å². The lowest BCUT2D eigenvalue weighted by atomic mass is 10.2. The zero-order valence-electron chi connectivity index (χ0n) is 9.19. The van der Waals surface area contributed by atoms with Crippen molar-refractivity contribution in [1.82, 2.24) is 9.80 Å². The van der Waals surface area contributed by atoms with E-state index in [0.717, 1.165) is 11.4 Å². The normalized spacial score (nSPS) is 19.3. The van der Waals surface area contributed by atoms with Gasteiger partial charge in [-0.25, -0.2) is 0 Å². The van der Waals surface area contributed by atoms with Crippen molar-refractivity contribution in [2.75, 3.05) is 33.2 Å². The zero-order chi connectivity index (χ0) is 10.7. The molecule has 0 spiro atoms. The summed E-state index contributed by atoms with van der Waals surface area (Å²) in [5.41, 5.74) is 1.39. The van der Waals surface area contributed by atoms with Gasteiger partial charge in [0.2, 0.25) is 0 Å². The van der Waals surface area contributed by atoms with E-state index in [4.69, 9.17) is 0 Å². The van der Waals surface area contributed by atoms with Gasteiger partial charge in [-0.3, -0.25) is 4.90 Å². The highest BCUT2D eigenvalue weighted by atomic mass is 32.1. The van der Waals surface area contributed by atoms with Crippen molar-refractivity contribution in [2.45, 2.75) is 11.4 Å². The van der Waals surface area contributed by atoms with E-state index in [1.807, 2.05) is 0 Å². The van der Waals surface area contributed by atoms with Crippen molar-refractivity contribution < 1.29 is 0 Å². The van der Waals surface area contributed by atoms with Crippen LogP contribution in [0.1, 0.15) is 5.56 Å². The Balaban J connectivity index is 1.89. The van der Waals surface area contributed by atoms with Gasteiger partial charge < -0.3 is 4.90 Å². The fourth-order valence-electron chi connectivity index (χ4n) is 1.87. The first kappa shape index (κ1) is 11.0. The molecule has 0 bridgehead atoms. The molecule has 3 heteroatoms. The molecule has 1 aromatic rings. The molecule has 15 heavy (non-hydrogen) atoms. The molecule has 0 radical (unpaired) electrons. The maximum Gasteiger partial charge on any atom is 0.0234 e. The SMILES string of the molecule is CN1CCN(Cc2ccc(S)cc2)CC1. The molecule has 0 unspecified atom stereocenters. The van der Waals surface area contributed by atoms with E-state index in [-0.39, 0.29) is 0 Å². The molecule has 0 N–H and O–H groups in total. The third-order valence-electron chi connectivity index (χ3n) is 2.94. The predicted octanol–water partition coefficient (Wildman–Crippen LogP) is 1.72. The van der Waals surface area contributed by atoms with Gasteiger partial charge in [0.05, 0.1) is 0 Å². The Hall–Kier alpha value is -0.510. The van der Waals surface area contributed by atoms with Crippen molar-refractivity contribution in [1.29, 1.82) is 0 Å². The van der Waals surface area contributed by atoms with Gasteiger partial charge in [-0.15, -0.1) is 12.6 Å². The third-order valence-corrected chi connectivity index (χ3v) is 3.24. The summed E-state index contributed by atoms with van der Waals surface area (Å²) in [5.74, 6) is 0. The van der Waals surface area contributed by atoms with Crippen molar-refractivity contribution in [3.63, 3.8) is 0 Å². The monoisotopic (exact) mass is 222 g/mol. The summed E-state index contributed by atoms with van der Waals surface area (Å²) in [7, 11) is 2.19. The Morgan fingerprint density at radius 2 is 1.67 bits per heavy atom. The van der Waals surface area contributed by atoms with E-state index in [9.17, 15) is 0 Å². The zero-order valence-corrected chi connectivity index (χ0v) is 10.1. The maximum atomic E-state index is 4.29. The van der Waals surface area contributed by atoms with Gasteiger partial charge >= 0.3 is 0 Å².